The molecule has 0 aliphatic rings. The summed E-state index contributed by atoms with van der Waals surface area (Å²) < 4.78 is 31.9. The number of ether oxygens (including phenoxy) is 1. The summed E-state index contributed by atoms with van der Waals surface area (Å²) in [6, 6.07) is 4.17. The number of rotatable bonds is 7. The first kappa shape index (κ1) is 15.1. The highest BCUT2D eigenvalue weighted by Crippen LogP contribution is 2.18. The summed E-state index contributed by atoms with van der Waals surface area (Å²) in [5, 5.41) is 3.27. The van der Waals surface area contributed by atoms with Crippen LogP contribution in [0.2, 0.25) is 0 Å². The number of benzene rings is 1. The Hall–Kier alpha value is -1.00. The molecule has 0 aromatic heterocycles. The lowest BCUT2D eigenvalue weighted by Crippen LogP contribution is -2.35. The molecule has 0 spiro atoms. The van der Waals surface area contributed by atoms with E-state index in [-0.39, 0.29) is 17.5 Å². The topological polar surface area (TPSA) is 21.3 Å². The predicted octanol–water partition coefficient (Wildman–Crippen LogP) is 2.77. The van der Waals surface area contributed by atoms with Gasteiger partial charge in [-0.25, -0.2) is 8.78 Å². The van der Waals surface area contributed by atoms with Crippen molar-refractivity contribution in [3.63, 3.8) is 0 Å². The van der Waals surface area contributed by atoms with E-state index in [0.717, 1.165) is 6.54 Å². The van der Waals surface area contributed by atoms with E-state index in [1.165, 1.54) is 18.2 Å². The lowest BCUT2D eigenvalue weighted by atomic mass is 9.94. The van der Waals surface area contributed by atoms with Gasteiger partial charge in [0.2, 0.25) is 0 Å². The summed E-state index contributed by atoms with van der Waals surface area (Å²) in [6.45, 7) is 5.36. The van der Waals surface area contributed by atoms with Crippen LogP contribution in [0.4, 0.5) is 8.78 Å². The third-order valence-corrected chi connectivity index (χ3v) is 3.21. The van der Waals surface area contributed by atoms with Crippen LogP contribution in [0.1, 0.15) is 19.4 Å². The van der Waals surface area contributed by atoms with Crippen LogP contribution in [0.5, 0.6) is 0 Å². The standard InChI is InChI=1S/C14H21F2NO/c1-10(11(2)17-7-8-18-3)9-12-13(15)5-4-6-14(12)16/h4-6,10-11,17H,7-9H2,1-3H3. The highest BCUT2D eigenvalue weighted by molar-refractivity contribution is 5.20. The van der Waals surface area contributed by atoms with Crippen molar-refractivity contribution in [2.45, 2.75) is 26.3 Å². The Bertz CT molecular complexity index is 351. The monoisotopic (exact) mass is 257 g/mol. The third kappa shape index (κ3) is 4.35. The van der Waals surface area contributed by atoms with Gasteiger partial charge in [0, 0.05) is 25.3 Å². The van der Waals surface area contributed by atoms with Crippen LogP contribution in [0.25, 0.3) is 0 Å². The van der Waals surface area contributed by atoms with Gasteiger partial charge in [0.25, 0.3) is 0 Å². The Morgan fingerprint density at radius 2 is 1.83 bits per heavy atom. The molecule has 2 atom stereocenters. The maximum absolute atomic E-state index is 13.5. The van der Waals surface area contributed by atoms with Gasteiger partial charge in [-0.05, 0) is 31.4 Å². The summed E-state index contributed by atoms with van der Waals surface area (Å²) in [7, 11) is 1.64. The van der Waals surface area contributed by atoms with Crippen molar-refractivity contribution in [2.75, 3.05) is 20.3 Å². The van der Waals surface area contributed by atoms with Gasteiger partial charge in [-0.1, -0.05) is 13.0 Å². The van der Waals surface area contributed by atoms with Gasteiger partial charge in [0.05, 0.1) is 6.61 Å². The van der Waals surface area contributed by atoms with E-state index in [2.05, 4.69) is 5.32 Å². The maximum Gasteiger partial charge on any atom is 0.129 e. The van der Waals surface area contributed by atoms with Gasteiger partial charge in [-0.15, -0.1) is 0 Å². The summed E-state index contributed by atoms with van der Waals surface area (Å²) in [4.78, 5) is 0. The quantitative estimate of drug-likeness (QED) is 0.758. The molecule has 4 heteroatoms. The minimum absolute atomic E-state index is 0.147. The average Bonchev–Trinajstić information content (AvgIpc) is 2.34. The molecule has 1 N–H and O–H groups in total. The Balaban J connectivity index is 2.55. The van der Waals surface area contributed by atoms with E-state index >= 15 is 0 Å². The van der Waals surface area contributed by atoms with E-state index in [9.17, 15) is 8.78 Å². The Morgan fingerprint density at radius 3 is 2.39 bits per heavy atom. The molecule has 0 fully saturated rings. The second kappa shape index (κ2) is 7.44. The molecule has 0 heterocycles. The maximum atomic E-state index is 13.5. The molecular weight excluding hydrogens is 236 g/mol. The molecule has 0 bridgehead atoms. The average molecular weight is 257 g/mol. The smallest absolute Gasteiger partial charge is 0.129 e. The van der Waals surface area contributed by atoms with Crippen molar-refractivity contribution in [3.8, 4) is 0 Å². The lowest BCUT2D eigenvalue weighted by Gasteiger charge is -2.21. The molecule has 2 unspecified atom stereocenters. The van der Waals surface area contributed by atoms with Crippen molar-refractivity contribution in [1.82, 2.24) is 5.32 Å². The zero-order valence-corrected chi connectivity index (χ0v) is 11.2. The summed E-state index contributed by atoms with van der Waals surface area (Å²) in [5.74, 6) is -0.787. The Labute approximate surface area is 107 Å². The van der Waals surface area contributed by atoms with Gasteiger partial charge >= 0.3 is 0 Å². The van der Waals surface area contributed by atoms with Crippen LogP contribution < -0.4 is 5.32 Å². The molecule has 0 saturated carbocycles. The number of hydrogen-bond acceptors (Lipinski definition) is 2. The Kier molecular flexibility index (Phi) is 6.22. The first-order valence-electron chi connectivity index (χ1n) is 6.21. The molecule has 0 aliphatic carbocycles. The SMILES string of the molecule is COCCNC(C)C(C)Cc1c(F)cccc1F. The van der Waals surface area contributed by atoms with Gasteiger partial charge in [0.1, 0.15) is 11.6 Å². The summed E-state index contributed by atoms with van der Waals surface area (Å²) in [5.41, 5.74) is 0.172. The summed E-state index contributed by atoms with van der Waals surface area (Å²) in [6.07, 6.45) is 0.389. The van der Waals surface area contributed by atoms with Crippen LogP contribution in [-0.4, -0.2) is 26.3 Å². The van der Waals surface area contributed by atoms with Gasteiger partial charge in [-0.2, -0.15) is 0 Å². The summed E-state index contributed by atoms with van der Waals surface area (Å²) >= 11 is 0. The molecule has 2 nitrogen and oxygen atoms in total. The molecule has 0 aliphatic heterocycles. The van der Waals surface area contributed by atoms with Gasteiger partial charge < -0.3 is 10.1 Å². The van der Waals surface area contributed by atoms with Crippen molar-refractivity contribution in [3.05, 3.63) is 35.4 Å². The molecule has 1 rings (SSSR count). The van der Waals surface area contributed by atoms with Crippen molar-refractivity contribution >= 4 is 0 Å². The lowest BCUT2D eigenvalue weighted by molar-refractivity contribution is 0.192. The van der Waals surface area contributed by atoms with Crippen LogP contribution in [-0.2, 0) is 11.2 Å². The van der Waals surface area contributed by atoms with E-state index in [4.69, 9.17) is 4.74 Å². The van der Waals surface area contributed by atoms with Gasteiger partial charge in [0.15, 0.2) is 0 Å². The van der Waals surface area contributed by atoms with Crippen molar-refractivity contribution < 1.29 is 13.5 Å². The first-order chi connectivity index (χ1) is 8.56. The van der Waals surface area contributed by atoms with E-state index in [0.29, 0.717) is 13.0 Å². The number of halogens is 2. The van der Waals surface area contributed by atoms with Crippen molar-refractivity contribution in [2.24, 2.45) is 5.92 Å². The highest BCUT2D eigenvalue weighted by Gasteiger charge is 2.16. The minimum Gasteiger partial charge on any atom is -0.383 e. The molecular formula is C14H21F2NO. The number of nitrogens with one attached hydrogen (secondary N) is 1. The van der Waals surface area contributed by atoms with Crippen LogP contribution >= 0.6 is 0 Å². The molecule has 0 radical (unpaired) electrons. The zero-order chi connectivity index (χ0) is 13.5. The normalized spacial score (nSPS) is 14.5. The van der Waals surface area contributed by atoms with Crippen LogP contribution in [0.3, 0.4) is 0 Å². The molecule has 1 aromatic carbocycles. The second-order valence-corrected chi connectivity index (χ2v) is 4.62. The molecule has 0 saturated heterocycles. The highest BCUT2D eigenvalue weighted by atomic mass is 19.1. The fraction of sp³-hybridized carbons (Fsp3) is 0.571. The minimum atomic E-state index is -0.467. The van der Waals surface area contributed by atoms with E-state index in [1.54, 1.807) is 7.11 Å². The number of hydrogen-bond donors (Lipinski definition) is 1. The fourth-order valence-electron chi connectivity index (χ4n) is 1.82. The number of methoxy groups -OCH3 is 1. The van der Waals surface area contributed by atoms with Crippen molar-refractivity contribution in [1.29, 1.82) is 0 Å². The predicted molar refractivity (Wildman–Crippen MR) is 68.6 cm³/mol. The fourth-order valence-corrected chi connectivity index (χ4v) is 1.82. The molecule has 18 heavy (non-hydrogen) atoms. The first-order valence-corrected chi connectivity index (χ1v) is 6.21. The van der Waals surface area contributed by atoms with E-state index in [1.807, 2.05) is 13.8 Å². The third-order valence-electron chi connectivity index (χ3n) is 3.21. The molecule has 102 valence electrons. The zero-order valence-electron chi connectivity index (χ0n) is 11.2. The largest absolute Gasteiger partial charge is 0.383 e. The van der Waals surface area contributed by atoms with Crippen LogP contribution in [0.15, 0.2) is 18.2 Å². The molecule has 0 amide bonds. The van der Waals surface area contributed by atoms with E-state index < -0.39 is 11.6 Å². The van der Waals surface area contributed by atoms with Gasteiger partial charge in [-0.3, -0.25) is 0 Å². The van der Waals surface area contributed by atoms with Crippen LogP contribution in [0, 0.1) is 17.6 Å². The Morgan fingerprint density at radius 1 is 1.22 bits per heavy atom. The second-order valence-electron chi connectivity index (χ2n) is 4.62. The molecule has 1 aromatic rings.